The summed E-state index contributed by atoms with van der Waals surface area (Å²) in [6.45, 7) is 0. The number of nitrogens with one attached hydrogen (secondary N) is 1. The fourth-order valence-electron chi connectivity index (χ4n) is 1.29. The van der Waals surface area contributed by atoms with Gasteiger partial charge in [-0.15, -0.1) is 0 Å². The standard InChI is InChI=1S/C11H9ClN2O2/c1-16-8-4-2-7(3-5-8)10-6-9(12)11(15)14-13-10/h2-6H,1H3,(H,14,15). The number of benzene rings is 1. The van der Waals surface area contributed by atoms with Crippen molar-refractivity contribution in [2.45, 2.75) is 0 Å². The van der Waals surface area contributed by atoms with Gasteiger partial charge in [0.2, 0.25) is 0 Å². The molecule has 0 aliphatic carbocycles. The number of halogens is 1. The maximum absolute atomic E-state index is 11.0. The number of ether oxygens (including phenoxy) is 1. The van der Waals surface area contributed by atoms with Crippen LogP contribution in [0.25, 0.3) is 11.3 Å². The van der Waals surface area contributed by atoms with Crippen molar-refractivity contribution in [3.05, 3.63) is 45.7 Å². The summed E-state index contributed by atoms with van der Waals surface area (Å²) in [7, 11) is 1.60. The van der Waals surface area contributed by atoms with E-state index in [1.807, 2.05) is 24.3 Å². The predicted octanol–water partition coefficient (Wildman–Crippen LogP) is 2.10. The van der Waals surface area contributed by atoms with Crippen molar-refractivity contribution in [3.8, 4) is 17.0 Å². The minimum Gasteiger partial charge on any atom is -0.497 e. The van der Waals surface area contributed by atoms with E-state index in [4.69, 9.17) is 16.3 Å². The third-order valence-electron chi connectivity index (χ3n) is 2.14. The topological polar surface area (TPSA) is 55.0 Å². The molecule has 0 bridgehead atoms. The van der Waals surface area contributed by atoms with Crippen LogP contribution in [-0.4, -0.2) is 17.3 Å². The van der Waals surface area contributed by atoms with Gasteiger partial charge in [0.25, 0.3) is 5.56 Å². The van der Waals surface area contributed by atoms with E-state index >= 15 is 0 Å². The van der Waals surface area contributed by atoms with Crippen LogP contribution in [0.3, 0.4) is 0 Å². The Labute approximate surface area is 96.8 Å². The van der Waals surface area contributed by atoms with Crippen molar-refractivity contribution in [2.75, 3.05) is 7.11 Å². The molecule has 1 aromatic carbocycles. The molecule has 2 aromatic rings. The van der Waals surface area contributed by atoms with Crippen molar-refractivity contribution in [2.24, 2.45) is 0 Å². The van der Waals surface area contributed by atoms with E-state index in [0.29, 0.717) is 5.69 Å². The van der Waals surface area contributed by atoms with E-state index in [0.717, 1.165) is 11.3 Å². The Balaban J connectivity index is 2.42. The number of hydrogen-bond acceptors (Lipinski definition) is 3. The van der Waals surface area contributed by atoms with Crippen molar-refractivity contribution in [1.82, 2.24) is 10.2 Å². The highest BCUT2D eigenvalue weighted by atomic mass is 35.5. The molecule has 1 heterocycles. The molecule has 1 N–H and O–H groups in total. The van der Waals surface area contributed by atoms with E-state index < -0.39 is 0 Å². The zero-order valence-electron chi connectivity index (χ0n) is 8.53. The molecule has 0 amide bonds. The molecule has 82 valence electrons. The third-order valence-corrected chi connectivity index (χ3v) is 2.42. The summed E-state index contributed by atoms with van der Waals surface area (Å²) in [6, 6.07) is 8.85. The first kappa shape index (κ1) is 10.7. The summed E-state index contributed by atoms with van der Waals surface area (Å²) in [4.78, 5) is 11.0. The molecule has 0 aliphatic heterocycles. The molecule has 0 unspecified atom stereocenters. The predicted molar refractivity (Wildman–Crippen MR) is 61.9 cm³/mol. The number of nitrogens with zero attached hydrogens (tertiary/aromatic N) is 1. The van der Waals surface area contributed by atoms with Crippen molar-refractivity contribution in [3.63, 3.8) is 0 Å². The summed E-state index contributed by atoms with van der Waals surface area (Å²) in [5, 5.41) is 6.35. The zero-order valence-corrected chi connectivity index (χ0v) is 9.28. The molecule has 5 heteroatoms. The first-order valence-electron chi connectivity index (χ1n) is 4.60. The Morgan fingerprint density at radius 1 is 1.31 bits per heavy atom. The third kappa shape index (κ3) is 2.06. The molecule has 0 atom stereocenters. The molecule has 0 fully saturated rings. The Morgan fingerprint density at radius 2 is 2.00 bits per heavy atom. The first-order valence-corrected chi connectivity index (χ1v) is 4.98. The average Bonchev–Trinajstić information content (AvgIpc) is 2.33. The SMILES string of the molecule is COc1ccc(-c2cc(Cl)c(=O)[nH]n2)cc1. The normalized spacial score (nSPS) is 10.1. The molecule has 16 heavy (non-hydrogen) atoms. The lowest BCUT2D eigenvalue weighted by atomic mass is 10.1. The van der Waals surface area contributed by atoms with Gasteiger partial charge < -0.3 is 4.74 Å². The minimum atomic E-state index is -0.390. The second-order valence-corrected chi connectivity index (χ2v) is 3.57. The van der Waals surface area contributed by atoms with Gasteiger partial charge in [0.15, 0.2) is 0 Å². The van der Waals surface area contributed by atoms with Crippen LogP contribution in [0.2, 0.25) is 5.02 Å². The molecule has 0 aliphatic rings. The van der Waals surface area contributed by atoms with Crippen LogP contribution in [-0.2, 0) is 0 Å². The minimum absolute atomic E-state index is 0.126. The van der Waals surface area contributed by atoms with Gasteiger partial charge in [-0.1, -0.05) is 11.6 Å². The summed E-state index contributed by atoms with van der Waals surface area (Å²) in [5.74, 6) is 0.763. The van der Waals surface area contributed by atoms with Gasteiger partial charge in [0.1, 0.15) is 10.8 Å². The quantitative estimate of drug-likeness (QED) is 0.869. The molecule has 0 spiro atoms. The Morgan fingerprint density at radius 3 is 2.56 bits per heavy atom. The summed E-state index contributed by atoms with van der Waals surface area (Å²) in [5.41, 5.74) is 1.09. The lowest BCUT2D eigenvalue weighted by Crippen LogP contribution is -2.08. The maximum Gasteiger partial charge on any atom is 0.282 e. The number of aromatic amines is 1. The van der Waals surface area contributed by atoms with Gasteiger partial charge >= 0.3 is 0 Å². The van der Waals surface area contributed by atoms with Crippen LogP contribution in [0.5, 0.6) is 5.75 Å². The van der Waals surface area contributed by atoms with Gasteiger partial charge in [-0.05, 0) is 30.3 Å². The van der Waals surface area contributed by atoms with Crippen molar-refractivity contribution < 1.29 is 4.74 Å². The van der Waals surface area contributed by atoms with E-state index in [2.05, 4.69) is 10.2 Å². The van der Waals surface area contributed by atoms with Crippen LogP contribution in [0, 0.1) is 0 Å². The fraction of sp³-hybridized carbons (Fsp3) is 0.0909. The molecule has 0 saturated carbocycles. The molecule has 0 radical (unpaired) electrons. The molecule has 4 nitrogen and oxygen atoms in total. The highest BCUT2D eigenvalue weighted by molar-refractivity contribution is 6.30. The Kier molecular flexibility index (Phi) is 2.92. The van der Waals surface area contributed by atoms with E-state index in [-0.39, 0.29) is 10.6 Å². The molecule has 2 rings (SSSR count). The van der Waals surface area contributed by atoms with E-state index in [1.165, 1.54) is 6.07 Å². The van der Waals surface area contributed by atoms with Gasteiger partial charge in [-0.3, -0.25) is 4.79 Å². The van der Waals surface area contributed by atoms with E-state index in [9.17, 15) is 4.79 Å². The van der Waals surface area contributed by atoms with Crippen LogP contribution in [0.15, 0.2) is 35.1 Å². The summed E-state index contributed by atoms with van der Waals surface area (Å²) in [6.07, 6.45) is 0. The van der Waals surface area contributed by atoms with Crippen LogP contribution < -0.4 is 10.3 Å². The van der Waals surface area contributed by atoms with Gasteiger partial charge in [-0.2, -0.15) is 5.10 Å². The number of rotatable bonds is 2. The molecular formula is C11H9ClN2O2. The zero-order chi connectivity index (χ0) is 11.5. The highest BCUT2D eigenvalue weighted by Gasteiger charge is 2.03. The Hall–Kier alpha value is -1.81. The first-order chi connectivity index (χ1) is 7.70. The van der Waals surface area contributed by atoms with Crippen LogP contribution >= 0.6 is 11.6 Å². The second kappa shape index (κ2) is 4.37. The maximum atomic E-state index is 11.0. The summed E-state index contributed by atoms with van der Waals surface area (Å²) >= 11 is 5.71. The highest BCUT2D eigenvalue weighted by Crippen LogP contribution is 2.20. The fourth-order valence-corrected chi connectivity index (χ4v) is 1.44. The lowest BCUT2D eigenvalue weighted by Gasteiger charge is -2.02. The number of H-pyrrole nitrogens is 1. The van der Waals surface area contributed by atoms with E-state index in [1.54, 1.807) is 7.11 Å². The van der Waals surface area contributed by atoms with Crippen LogP contribution in [0.1, 0.15) is 0 Å². The van der Waals surface area contributed by atoms with Crippen molar-refractivity contribution in [1.29, 1.82) is 0 Å². The molecule has 0 saturated heterocycles. The van der Waals surface area contributed by atoms with Gasteiger partial charge in [-0.25, -0.2) is 5.10 Å². The van der Waals surface area contributed by atoms with Gasteiger partial charge in [0, 0.05) is 5.56 Å². The lowest BCUT2D eigenvalue weighted by molar-refractivity contribution is 0.415. The van der Waals surface area contributed by atoms with Crippen molar-refractivity contribution >= 4 is 11.6 Å². The summed E-state index contributed by atoms with van der Waals surface area (Å²) < 4.78 is 5.04. The monoisotopic (exact) mass is 236 g/mol. The number of aromatic nitrogens is 2. The van der Waals surface area contributed by atoms with Gasteiger partial charge in [0.05, 0.1) is 12.8 Å². The number of methoxy groups -OCH3 is 1. The molecule has 1 aromatic heterocycles. The smallest absolute Gasteiger partial charge is 0.282 e. The second-order valence-electron chi connectivity index (χ2n) is 3.16. The molecular weight excluding hydrogens is 228 g/mol. The average molecular weight is 237 g/mol. The Bertz CT molecular complexity index is 549. The largest absolute Gasteiger partial charge is 0.497 e. The number of hydrogen-bond donors (Lipinski definition) is 1. The van der Waals surface area contributed by atoms with Crippen LogP contribution in [0.4, 0.5) is 0 Å².